The van der Waals surface area contributed by atoms with Crippen LogP contribution < -0.4 is 5.73 Å². The minimum absolute atomic E-state index is 0.0364. The van der Waals surface area contributed by atoms with Gasteiger partial charge in [-0.25, -0.2) is 0 Å². The molecule has 4 heteroatoms. The molecule has 0 spiro atoms. The van der Waals surface area contributed by atoms with Gasteiger partial charge in [-0.2, -0.15) is 0 Å². The van der Waals surface area contributed by atoms with Gasteiger partial charge in [0.25, 0.3) is 0 Å². The molecule has 3 unspecified atom stereocenters. The van der Waals surface area contributed by atoms with Gasteiger partial charge in [-0.1, -0.05) is 30.3 Å². The van der Waals surface area contributed by atoms with Crippen LogP contribution in [0.4, 0.5) is 0 Å². The molecule has 3 N–H and O–H groups in total. The third-order valence-corrected chi connectivity index (χ3v) is 4.21. The second-order valence-corrected chi connectivity index (χ2v) is 5.92. The van der Waals surface area contributed by atoms with E-state index in [1.165, 1.54) is 0 Å². The maximum Gasteiger partial charge on any atom is 0.0674 e. The average molecular weight is 278 g/mol. The van der Waals surface area contributed by atoms with Crippen molar-refractivity contribution in [1.29, 1.82) is 0 Å². The highest BCUT2D eigenvalue weighted by atomic mass is 16.5. The summed E-state index contributed by atoms with van der Waals surface area (Å²) in [6, 6.07) is 10.3. The maximum atomic E-state index is 9.72. The first-order chi connectivity index (χ1) is 9.55. The van der Waals surface area contributed by atoms with Crippen LogP contribution in [-0.2, 0) is 10.3 Å². The highest BCUT2D eigenvalue weighted by molar-refractivity contribution is 5.24. The van der Waals surface area contributed by atoms with E-state index in [4.69, 9.17) is 10.5 Å². The molecule has 1 heterocycles. The van der Waals surface area contributed by atoms with E-state index in [-0.39, 0.29) is 12.7 Å². The molecule has 112 valence electrons. The van der Waals surface area contributed by atoms with E-state index in [1.807, 2.05) is 30.3 Å². The van der Waals surface area contributed by atoms with E-state index in [1.54, 1.807) is 0 Å². The lowest BCUT2D eigenvalue weighted by Crippen LogP contribution is -2.50. The van der Waals surface area contributed by atoms with Crippen molar-refractivity contribution in [2.75, 3.05) is 26.3 Å². The molecular formula is C16H26N2O2. The normalized spacial score (nSPS) is 27.2. The fraction of sp³-hybridized carbons (Fsp3) is 0.625. The van der Waals surface area contributed by atoms with Gasteiger partial charge in [0.1, 0.15) is 0 Å². The Morgan fingerprint density at radius 3 is 2.70 bits per heavy atom. The molecule has 0 saturated carbocycles. The Bertz CT molecular complexity index is 412. The van der Waals surface area contributed by atoms with Crippen molar-refractivity contribution in [3.8, 4) is 0 Å². The third-order valence-electron chi connectivity index (χ3n) is 4.21. The first kappa shape index (κ1) is 15.4. The average Bonchev–Trinajstić information content (AvgIpc) is 2.49. The molecule has 4 nitrogen and oxygen atoms in total. The van der Waals surface area contributed by atoms with Crippen LogP contribution in [0, 0.1) is 0 Å². The first-order valence-corrected chi connectivity index (χ1v) is 7.36. The highest BCUT2D eigenvalue weighted by Crippen LogP contribution is 2.23. The SMILES string of the molecule is CC1CN(CCC(N)(CO)c2ccccc2)C(C)CO1. The smallest absolute Gasteiger partial charge is 0.0674 e. The van der Waals surface area contributed by atoms with Gasteiger partial charge in [-0.3, -0.25) is 4.90 Å². The molecule has 1 aromatic rings. The standard InChI is InChI=1S/C16H26N2O2/c1-13-11-20-14(2)10-18(13)9-8-16(17,12-19)15-6-4-3-5-7-15/h3-7,13-14,19H,8-12,17H2,1-2H3. The number of nitrogens with zero attached hydrogens (tertiary/aromatic N) is 1. The van der Waals surface area contributed by atoms with Crippen molar-refractivity contribution in [1.82, 2.24) is 4.90 Å². The van der Waals surface area contributed by atoms with E-state index in [2.05, 4.69) is 18.7 Å². The van der Waals surface area contributed by atoms with Crippen LogP contribution in [0.1, 0.15) is 25.8 Å². The Hall–Kier alpha value is -0.940. The van der Waals surface area contributed by atoms with Gasteiger partial charge < -0.3 is 15.6 Å². The van der Waals surface area contributed by atoms with Crippen LogP contribution in [0.2, 0.25) is 0 Å². The van der Waals surface area contributed by atoms with Gasteiger partial charge in [-0.15, -0.1) is 0 Å². The summed E-state index contributed by atoms with van der Waals surface area (Å²) in [7, 11) is 0. The summed E-state index contributed by atoms with van der Waals surface area (Å²) in [6.07, 6.45) is 1.01. The molecule has 0 aliphatic carbocycles. The summed E-state index contributed by atoms with van der Waals surface area (Å²) >= 11 is 0. The van der Waals surface area contributed by atoms with Gasteiger partial charge in [0.05, 0.1) is 24.9 Å². The molecule has 20 heavy (non-hydrogen) atoms. The fourth-order valence-corrected chi connectivity index (χ4v) is 2.71. The minimum atomic E-state index is -0.664. The van der Waals surface area contributed by atoms with Crippen molar-refractivity contribution in [3.63, 3.8) is 0 Å². The lowest BCUT2D eigenvalue weighted by Gasteiger charge is -2.39. The molecule has 0 aromatic heterocycles. The fourth-order valence-electron chi connectivity index (χ4n) is 2.71. The van der Waals surface area contributed by atoms with Gasteiger partial charge >= 0.3 is 0 Å². The summed E-state index contributed by atoms with van der Waals surface area (Å²) in [5.41, 5.74) is 6.74. The first-order valence-electron chi connectivity index (χ1n) is 7.36. The van der Waals surface area contributed by atoms with E-state index in [0.717, 1.165) is 31.7 Å². The second-order valence-electron chi connectivity index (χ2n) is 5.92. The van der Waals surface area contributed by atoms with Crippen LogP contribution in [0.3, 0.4) is 0 Å². The molecule has 3 atom stereocenters. The molecule has 1 aliphatic rings. The molecule has 2 rings (SSSR count). The summed E-state index contributed by atoms with van der Waals surface area (Å²) in [5, 5.41) is 9.72. The van der Waals surface area contributed by atoms with Crippen molar-refractivity contribution < 1.29 is 9.84 Å². The number of benzene rings is 1. The highest BCUT2D eigenvalue weighted by Gasteiger charge is 2.30. The molecule has 1 aliphatic heterocycles. The summed E-state index contributed by atoms with van der Waals surface area (Å²) in [4.78, 5) is 2.40. The third kappa shape index (κ3) is 3.58. The van der Waals surface area contributed by atoms with Crippen molar-refractivity contribution in [2.24, 2.45) is 5.73 Å². The van der Waals surface area contributed by atoms with E-state index in [0.29, 0.717) is 6.04 Å². The predicted octanol–water partition coefficient (Wildman–Crippen LogP) is 1.33. The van der Waals surface area contributed by atoms with E-state index < -0.39 is 5.54 Å². The zero-order valence-electron chi connectivity index (χ0n) is 12.5. The van der Waals surface area contributed by atoms with Crippen LogP contribution in [-0.4, -0.2) is 48.5 Å². The zero-order chi connectivity index (χ0) is 14.6. The molecule has 1 aromatic carbocycles. The number of morpholine rings is 1. The summed E-state index contributed by atoms with van der Waals surface area (Å²) < 4.78 is 5.64. The zero-order valence-corrected chi connectivity index (χ0v) is 12.5. The molecular weight excluding hydrogens is 252 g/mol. The topological polar surface area (TPSA) is 58.7 Å². The van der Waals surface area contributed by atoms with Crippen LogP contribution >= 0.6 is 0 Å². The van der Waals surface area contributed by atoms with E-state index in [9.17, 15) is 5.11 Å². The largest absolute Gasteiger partial charge is 0.394 e. The molecule has 1 fully saturated rings. The quantitative estimate of drug-likeness (QED) is 0.853. The number of ether oxygens (including phenoxy) is 1. The Morgan fingerprint density at radius 2 is 2.05 bits per heavy atom. The Balaban J connectivity index is 2.00. The summed E-state index contributed by atoms with van der Waals surface area (Å²) in [6.45, 7) is 6.80. The maximum absolute atomic E-state index is 9.72. The Labute approximate surface area is 121 Å². The number of hydrogen-bond acceptors (Lipinski definition) is 4. The van der Waals surface area contributed by atoms with Crippen LogP contribution in [0.15, 0.2) is 30.3 Å². The molecule has 0 amide bonds. The molecule has 0 radical (unpaired) electrons. The van der Waals surface area contributed by atoms with Crippen molar-refractivity contribution in [3.05, 3.63) is 35.9 Å². The molecule has 1 saturated heterocycles. The summed E-state index contributed by atoms with van der Waals surface area (Å²) in [5.74, 6) is 0. The molecule has 0 bridgehead atoms. The minimum Gasteiger partial charge on any atom is -0.394 e. The lowest BCUT2D eigenvalue weighted by molar-refractivity contribution is -0.0520. The Kier molecular flexibility index (Phi) is 5.16. The number of rotatable bonds is 5. The number of hydrogen-bond donors (Lipinski definition) is 2. The van der Waals surface area contributed by atoms with Crippen LogP contribution in [0.25, 0.3) is 0 Å². The van der Waals surface area contributed by atoms with Crippen molar-refractivity contribution >= 4 is 0 Å². The monoisotopic (exact) mass is 278 g/mol. The lowest BCUT2D eigenvalue weighted by atomic mass is 9.88. The number of aliphatic hydroxyl groups is 1. The van der Waals surface area contributed by atoms with Gasteiger partial charge in [0.2, 0.25) is 0 Å². The number of nitrogens with two attached hydrogens (primary N) is 1. The second kappa shape index (κ2) is 6.68. The van der Waals surface area contributed by atoms with Gasteiger partial charge in [0, 0.05) is 19.1 Å². The van der Waals surface area contributed by atoms with Crippen LogP contribution in [0.5, 0.6) is 0 Å². The van der Waals surface area contributed by atoms with E-state index >= 15 is 0 Å². The van der Waals surface area contributed by atoms with Gasteiger partial charge in [-0.05, 0) is 25.8 Å². The van der Waals surface area contributed by atoms with Crippen molar-refractivity contribution in [2.45, 2.75) is 38.0 Å². The van der Waals surface area contributed by atoms with Gasteiger partial charge in [0.15, 0.2) is 0 Å². The predicted molar refractivity (Wildman–Crippen MR) is 80.5 cm³/mol. The number of aliphatic hydroxyl groups excluding tert-OH is 1. The Morgan fingerprint density at radius 1 is 1.35 bits per heavy atom.